The predicted octanol–water partition coefficient (Wildman–Crippen LogP) is 2.32. The largest absolute Gasteiger partial charge is 0.303 e. The summed E-state index contributed by atoms with van der Waals surface area (Å²) in [5.41, 5.74) is 1.21. The lowest BCUT2D eigenvalue weighted by Crippen LogP contribution is -2.38. The zero-order chi connectivity index (χ0) is 14.0. The number of fused-ring (bicyclic) bond motifs is 1. The zero-order valence-corrected chi connectivity index (χ0v) is 12.7. The van der Waals surface area contributed by atoms with Crippen molar-refractivity contribution in [2.24, 2.45) is 0 Å². The number of carbonyl (C=O) groups excluding carboxylic acids is 2. The maximum Gasteiger partial charge on any atom is 0.299 e. The first-order valence-corrected chi connectivity index (χ1v) is 7.26. The summed E-state index contributed by atoms with van der Waals surface area (Å²) >= 11 is 3.34. The number of likely N-dealkylation sites (N-methyl/N-ethyl adjacent to an activating group) is 1. The van der Waals surface area contributed by atoms with Gasteiger partial charge in [0, 0.05) is 17.6 Å². The van der Waals surface area contributed by atoms with Gasteiger partial charge < -0.3 is 9.80 Å². The molecule has 0 N–H and O–H groups in total. The van der Waals surface area contributed by atoms with Crippen LogP contribution >= 0.6 is 15.9 Å². The molecule has 0 aromatic heterocycles. The molecule has 1 aromatic carbocycles. The van der Waals surface area contributed by atoms with Crippen LogP contribution in [0.2, 0.25) is 0 Å². The molecule has 1 aliphatic heterocycles. The Hall–Kier alpha value is -1.20. The van der Waals surface area contributed by atoms with E-state index in [9.17, 15) is 9.59 Å². The summed E-state index contributed by atoms with van der Waals surface area (Å²) in [6, 6.07) is 5.46. The molecular formula is C14H17BrN2O2. The van der Waals surface area contributed by atoms with Crippen molar-refractivity contribution in [2.45, 2.75) is 13.8 Å². The molecule has 0 saturated carbocycles. The number of hydrogen-bond donors (Lipinski definition) is 0. The van der Waals surface area contributed by atoms with Crippen LogP contribution in [-0.4, -0.2) is 42.8 Å². The van der Waals surface area contributed by atoms with E-state index in [0.29, 0.717) is 16.6 Å². The molecule has 1 amide bonds. The minimum absolute atomic E-state index is 0.415. The van der Waals surface area contributed by atoms with E-state index in [-0.39, 0.29) is 0 Å². The quantitative estimate of drug-likeness (QED) is 0.780. The molecule has 1 aromatic rings. The number of rotatable bonds is 5. The summed E-state index contributed by atoms with van der Waals surface area (Å²) in [5.74, 6) is -0.837. The Morgan fingerprint density at radius 2 is 1.89 bits per heavy atom. The summed E-state index contributed by atoms with van der Waals surface area (Å²) in [6.45, 7) is 7.39. The molecule has 0 aliphatic carbocycles. The lowest BCUT2D eigenvalue weighted by atomic mass is 10.1. The second-order valence-corrected chi connectivity index (χ2v) is 5.30. The predicted molar refractivity (Wildman–Crippen MR) is 78.6 cm³/mol. The molecule has 1 heterocycles. The molecule has 1 aliphatic rings. The van der Waals surface area contributed by atoms with Gasteiger partial charge in [0.15, 0.2) is 0 Å². The Morgan fingerprint density at radius 3 is 2.53 bits per heavy atom. The summed E-state index contributed by atoms with van der Waals surface area (Å²) in [4.78, 5) is 27.8. The topological polar surface area (TPSA) is 40.6 Å². The van der Waals surface area contributed by atoms with E-state index in [1.54, 1.807) is 11.0 Å². The van der Waals surface area contributed by atoms with E-state index < -0.39 is 11.7 Å². The second kappa shape index (κ2) is 5.84. The summed E-state index contributed by atoms with van der Waals surface area (Å²) in [6.07, 6.45) is 0. The fourth-order valence-corrected chi connectivity index (χ4v) is 2.84. The van der Waals surface area contributed by atoms with Gasteiger partial charge in [0.2, 0.25) is 0 Å². The zero-order valence-electron chi connectivity index (χ0n) is 11.1. The molecule has 102 valence electrons. The van der Waals surface area contributed by atoms with Gasteiger partial charge in [0.1, 0.15) is 0 Å². The van der Waals surface area contributed by atoms with Crippen molar-refractivity contribution in [1.29, 1.82) is 0 Å². The van der Waals surface area contributed by atoms with Crippen molar-refractivity contribution >= 4 is 33.3 Å². The van der Waals surface area contributed by atoms with E-state index in [0.717, 1.165) is 25.3 Å². The number of halogens is 1. The average molecular weight is 325 g/mol. The Bertz CT molecular complexity index is 512. The number of ketones is 1. The van der Waals surface area contributed by atoms with Gasteiger partial charge in [-0.05, 0) is 41.2 Å². The number of anilines is 1. The molecule has 0 radical (unpaired) electrons. The van der Waals surface area contributed by atoms with Crippen LogP contribution in [-0.2, 0) is 4.79 Å². The normalized spacial score (nSPS) is 14.4. The number of nitrogens with zero attached hydrogens (tertiary/aromatic N) is 2. The third kappa shape index (κ3) is 2.58. The van der Waals surface area contributed by atoms with Crippen LogP contribution in [0.3, 0.4) is 0 Å². The third-order valence-electron chi connectivity index (χ3n) is 3.48. The first-order valence-electron chi connectivity index (χ1n) is 6.47. The molecule has 0 fully saturated rings. The second-order valence-electron chi connectivity index (χ2n) is 4.45. The van der Waals surface area contributed by atoms with Gasteiger partial charge in [-0.25, -0.2) is 0 Å². The lowest BCUT2D eigenvalue weighted by Gasteiger charge is -2.22. The van der Waals surface area contributed by atoms with Crippen LogP contribution in [0.5, 0.6) is 0 Å². The van der Waals surface area contributed by atoms with Crippen LogP contribution in [0, 0.1) is 0 Å². The smallest absolute Gasteiger partial charge is 0.299 e. The van der Waals surface area contributed by atoms with E-state index in [4.69, 9.17) is 0 Å². The van der Waals surface area contributed by atoms with E-state index >= 15 is 0 Å². The summed E-state index contributed by atoms with van der Waals surface area (Å²) in [7, 11) is 0. The fourth-order valence-electron chi connectivity index (χ4n) is 2.30. The summed E-state index contributed by atoms with van der Waals surface area (Å²) < 4.78 is 0.689. The number of hydrogen-bond acceptors (Lipinski definition) is 3. The number of benzene rings is 1. The first kappa shape index (κ1) is 14.2. The first-order chi connectivity index (χ1) is 9.10. The highest BCUT2D eigenvalue weighted by Crippen LogP contribution is 2.33. The molecular weight excluding hydrogens is 308 g/mol. The van der Waals surface area contributed by atoms with Crippen molar-refractivity contribution in [3.8, 4) is 0 Å². The van der Waals surface area contributed by atoms with Crippen LogP contribution < -0.4 is 4.90 Å². The fraction of sp³-hybridized carbons (Fsp3) is 0.429. The molecule has 0 atom stereocenters. The van der Waals surface area contributed by atoms with Gasteiger partial charge in [-0.15, -0.1) is 0 Å². The van der Waals surface area contributed by atoms with Crippen LogP contribution in [0.25, 0.3) is 0 Å². The van der Waals surface area contributed by atoms with Crippen LogP contribution in [0.15, 0.2) is 22.7 Å². The number of amides is 1. The van der Waals surface area contributed by atoms with E-state index in [1.165, 1.54) is 0 Å². The van der Waals surface area contributed by atoms with Gasteiger partial charge in [-0.1, -0.05) is 19.9 Å². The Labute approximate surface area is 121 Å². The monoisotopic (exact) mass is 324 g/mol. The SMILES string of the molecule is CCN(CC)CCN1C(=O)C(=O)c2c(Br)cccc21. The Balaban J connectivity index is 2.22. The van der Waals surface area contributed by atoms with Crippen molar-refractivity contribution in [1.82, 2.24) is 4.90 Å². The van der Waals surface area contributed by atoms with Gasteiger partial charge in [-0.2, -0.15) is 0 Å². The number of carbonyl (C=O) groups is 2. The van der Waals surface area contributed by atoms with Gasteiger partial charge >= 0.3 is 0 Å². The highest BCUT2D eigenvalue weighted by molar-refractivity contribution is 9.10. The molecule has 0 spiro atoms. The van der Waals surface area contributed by atoms with Crippen molar-refractivity contribution < 1.29 is 9.59 Å². The van der Waals surface area contributed by atoms with Crippen molar-refractivity contribution in [2.75, 3.05) is 31.1 Å². The highest BCUT2D eigenvalue weighted by atomic mass is 79.9. The highest BCUT2D eigenvalue weighted by Gasteiger charge is 2.36. The van der Waals surface area contributed by atoms with E-state index in [2.05, 4.69) is 34.7 Å². The average Bonchev–Trinajstić information content (AvgIpc) is 2.65. The molecule has 4 nitrogen and oxygen atoms in total. The van der Waals surface area contributed by atoms with Crippen LogP contribution in [0.4, 0.5) is 5.69 Å². The summed E-state index contributed by atoms with van der Waals surface area (Å²) in [5, 5.41) is 0. The van der Waals surface area contributed by atoms with Crippen molar-refractivity contribution in [3.63, 3.8) is 0 Å². The maximum atomic E-state index is 12.0. The lowest BCUT2D eigenvalue weighted by molar-refractivity contribution is -0.114. The molecule has 0 bridgehead atoms. The molecule has 0 saturated heterocycles. The molecule has 5 heteroatoms. The minimum Gasteiger partial charge on any atom is -0.303 e. The molecule has 19 heavy (non-hydrogen) atoms. The maximum absolute atomic E-state index is 12.0. The van der Waals surface area contributed by atoms with E-state index in [1.807, 2.05) is 12.1 Å². The van der Waals surface area contributed by atoms with Crippen LogP contribution in [0.1, 0.15) is 24.2 Å². The standard InChI is InChI=1S/C14H17BrN2O2/c1-3-16(4-2)8-9-17-11-7-5-6-10(15)12(11)13(18)14(17)19/h5-7H,3-4,8-9H2,1-2H3. The molecule has 0 unspecified atom stereocenters. The Morgan fingerprint density at radius 1 is 1.21 bits per heavy atom. The number of Topliss-reactive ketones (excluding diaryl/α,β-unsaturated/α-hetero) is 1. The van der Waals surface area contributed by atoms with Gasteiger partial charge in [-0.3, -0.25) is 9.59 Å². The third-order valence-corrected chi connectivity index (χ3v) is 4.14. The Kier molecular flexibility index (Phi) is 4.37. The van der Waals surface area contributed by atoms with Crippen molar-refractivity contribution in [3.05, 3.63) is 28.2 Å². The van der Waals surface area contributed by atoms with Gasteiger partial charge in [0.05, 0.1) is 11.3 Å². The van der Waals surface area contributed by atoms with Gasteiger partial charge in [0.25, 0.3) is 11.7 Å². The molecule has 2 rings (SSSR count). The minimum atomic E-state index is -0.422.